The van der Waals surface area contributed by atoms with Crippen LogP contribution in [0.4, 0.5) is 0 Å². The molecule has 0 aliphatic heterocycles. The lowest BCUT2D eigenvalue weighted by molar-refractivity contribution is -0.870. The summed E-state index contributed by atoms with van der Waals surface area (Å²) in [6, 6.07) is 0. The third-order valence-corrected chi connectivity index (χ3v) is 9.65. The largest absolute Gasteiger partial charge is 0.472 e. The lowest BCUT2D eigenvalue weighted by atomic mass is 10.1. The van der Waals surface area contributed by atoms with Crippen LogP contribution in [0.5, 0.6) is 0 Å². The summed E-state index contributed by atoms with van der Waals surface area (Å²) in [6.45, 7) is 4.22. The van der Waals surface area contributed by atoms with Gasteiger partial charge in [-0.15, -0.1) is 0 Å². The van der Waals surface area contributed by atoms with Crippen molar-refractivity contribution < 1.29 is 42.1 Å². The molecule has 326 valence electrons. The number of rotatable bonds is 38. The molecule has 0 saturated heterocycles. The topological polar surface area (TPSA) is 108 Å². The van der Waals surface area contributed by atoms with Crippen molar-refractivity contribution in [3.63, 3.8) is 0 Å². The molecule has 2 atom stereocenters. The second-order valence-corrected chi connectivity index (χ2v) is 16.8. The van der Waals surface area contributed by atoms with Crippen LogP contribution in [0.25, 0.3) is 0 Å². The minimum absolute atomic E-state index is 0.0133. The number of carbonyl (C=O) groups is 2. The minimum atomic E-state index is -4.40. The average molecular weight is 819 g/mol. The highest BCUT2D eigenvalue weighted by Gasteiger charge is 2.27. The summed E-state index contributed by atoms with van der Waals surface area (Å²) in [5.41, 5.74) is 0. The molecule has 0 aliphatic rings. The number of phosphoric ester groups is 1. The van der Waals surface area contributed by atoms with E-state index in [0.717, 1.165) is 70.6 Å². The number of unbranched alkanes of at least 4 members (excludes halogenated alkanes) is 10. The predicted molar refractivity (Wildman–Crippen MR) is 238 cm³/mol. The van der Waals surface area contributed by atoms with E-state index in [4.69, 9.17) is 18.5 Å². The molecular formula is C47H81NO8P+. The number of allylic oxidation sites excluding steroid dienone is 14. The Kier molecular flexibility index (Phi) is 36.8. The second kappa shape index (κ2) is 38.7. The van der Waals surface area contributed by atoms with Crippen LogP contribution in [0.3, 0.4) is 0 Å². The highest BCUT2D eigenvalue weighted by molar-refractivity contribution is 7.47. The van der Waals surface area contributed by atoms with E-state index in [-0.39, 0.29) is 26.1 Å². The normalized spacial score (nSPS) is 14.4. The molecule has 1 N–H and O–H groups in total. The van der Waals surface area contributed by atoms with E-state index in [1.807, 2.05) is 33.3 Å². The average Bonchev–Trinajstić information content (AvgIpc) is 3.16. The van der Waals surface area contributed by atoms with Crippen molar-refractivity contribution in [1.82, 2.24) is 0 Å². The van der Waals surface area contributed by atoms with Crippen LogP contribution < -0.4 is 0 Å². The van der Waals surface area contributed by atoms with E-state index in [1.54, 1.807) is 0 Å². The maximum absolute atomic E-state index is 12.7. The molecule has 9 nitrogen and oxygen atoms in total. The Balaban J connectivity index is 4.52. The Bertz CT molecular complexity index is 1240. The fourth-order valence-electron chi connectivity index (χ4n) is 5.19. The van der Waals surface area contributed by atoms with Crippen LogP contribution in [0, 0.1) is 0 Å². The first-order valence-electron chi connectivity index (χ1n) is 21.8. The van der Waals surface area contributed by atoms with Gasteiger partial charge >= 0.3 is 19.8 Å². The van der Waals surface area contributed by atoms with Gasteiger partial charge in [-0.2, -0.15) is 0 Å². The van der Waals surface area contributed by atoms with E-state index in [2.05, 4.69) is 86.8 Å². The molecule has 10 heteroatoms. The summed E-state index contributed by atoms with van der Waals surface area (Å²) in [5.74, 6) is -0.920. The molecule has 0 radical (unpaired) electrons. The molecule has 1 unspecified atom stereocenters. The smallest absolute Gasteiger partial charge is 0.462 e. The number of phosphoric acid groups is 1. The van der Waals surface area contributed by atoms with Gasteiger partial charge in [0.05, 0.1) is 27.7 Å². The molecule has 0 rings (SSSR count). The third kappa shape index (κ3) is 42.6. The fraction of sp³-hybridized carbons (Fsp3) is 0.660. The van der Waals surface area contributed by atoms with Crippen molar-refractivity contribution in [1.29, 1.82) is 0 Å². The zero-order chi connectivity index (χ0) is 42.1. The predicted octanol–water partition coefficient (Wildman–Crippen LogP) is 12.4. The lowest BCUT2D eigenvalue weighted by Crippen LogP contribution is -2.37. The van der Waals surface area contributed by atoms with Crippen LogP contribution in [0.1, 0.15) is 149 Å². The van der Waals surface area contributed by atoms with Crippen LogP contribution in [0.2, 0.25) is 0 Å². The van der Waals surface area contributed by atoms with Gasteiger partial charge in [-0.05, 0) is 77.0 Å². The van der Waals surface area contributed by atoms with Gasteiger partial charge in [0.2, 0.25) is 0 Å². The molecule has 0 aromatic heterocycles. The van der Waals surface area contributed by atoms with Gasteiger partial charge in [-0.1, -0.05) is 144 Å². The zero-order valence-electron chi connectivity index (χ0n) is 36.5. The minimum Gasteiger partial charge on any atom is -0.462 e. The maximum atomic E-state index is 12.7. The van der Waals surface area contributed by atoms with E-state index in [0.29, 0.717) is 23.9 Å². The standard InChI is InChI=1S/C47H80NO8P/c1-6-8-10-12-14-16-18-20-22-23-24-25-26-28-29-31-33-35-37-39-46(49)53-43-45(44-55-57(51,52)54-42-41-48(3,4)5)56-47(50)40-38-36-34-32-30-27-21-19-17-15-13-11-9-7-2/h13-16,19-22,24-25,28-29,33,35,45H,6-12,17-18,23,26-27,30-32,34,36-44H2,1-5H3/p+1/b15-13+,16-14+,21-19+,22-20+,25-24+,29-28+,35-33+/t45-/m0/s1. The highest BCUT2D eigenvalue weighted by Crippen LogP contribution is 2.43. The first-order valence-corrected chi connectivity index (χ1v) is 23.3. The van der Waals surface area contributed by atoms with E-state index >= 15 is 0 Å². The van der Waals surface area contributed by atoms with Crippen molar-refractivity contribution in [2.24, 2.45) is 0 Å². The molecule has 0 saturated carbocycles. The quantitative estimate of drug-likeness (QED) is 0.0216. The first-order chi connectivity index (χ1) is 27.5. The Labute approximate surface area is 348 Å². The Hall–Kier alpha value is -2.81. The molecule has 0 aromatic carbocycles. The molecule has 0 fully saturated rings. The Morgan fingerprint density at radius 2 is 1.00 bits per heavy atom. The monoisotopic (exact) mass is 819 g/mol. The second-order valence-electron chi connectivity index (χ2n) is 15.4. The van der Waals surface area contributed by atoms with Gasteiger partial charge in [0, 0.05) is 12.8 Å². The van der Waals surface area contributed by atoms with Crippen molar-refractivity contribution in [2.45, 2.75) is 155 Å². The fourth-order valence-corrected chi connectivity index (χ4v) is 5.93. The molecule has 0 heterocycles. The maximum Gasteiger partial charge on any atom is 0.472 e. The summed E-state index contributed by atoms with van der Waals surface area (Å²) in [4.78, 5) is 35.3. The number of hydrogen-bond donors (Lipinski definition) is 1. The van der Waals surface area contributed by atoms with Crippen molar-refractivity contribution in [2.75, 3.05) is 47.5 Å². The summed E-state index contributed by atoms with van der Waals surface area (Å²) >= 11 is 0. The van der Waals surface area contributed by atoms with Crippen LogP contribution >= 0.6 is 7.82 Å². The van der Waals surface area contributed by atoms with Gasteiger partial charge in [0.15, 0.2) is 6.10 Å². The molecule has 0 aromatic rings. The number of likely N-dealkylation sites (N-methyl/N-ethyl adjacent to an activating group) is 1. The first kappa shape index (κ1) is 54.2. The molecule has 0 aliphatic carbocycles. The van der Waals surface area contributed by atoms with Gasteiger partial charge in [0.1, 0.15) is 19.8 Å². The SMILES string of the molecule is CCCC/C=C/C/C=C/CCCCCCCC(=O)O[C@@H](COC(=O)CC/C=C/C/C=C/C/C=C/C/C=C/C/C=C/CCCCC)COP(=O)(O)OCC[N+](C)(C)C. The number of nitrogens with zero attached hydrogens (tertiary/aromatic N) is 1. The summed E-state index contributed by atoms with van der Waals surface area (Å²) < 4.78 is 34.2. The summed E-state index contributed by atoms with van der Waals surface area (Å²) in [6.07, 6.45) is 49.3. The van der Waals surface area contributed by atoms with Crippen molar-refractivity contribution >= 4 is 19.8 Å². The molecule has 57 heavy (non-hydrogen) atoms. The summed E-state index contributed by atoms with van der Waals surface area (Å²) in [5, 5.41) is 0. The molecule has 0 amide bonds. The third-order valence-electron chi connectivity index (χ3n) is 8.66. The zero-order valence-corrected chi connectivity index (χ0v) is 37.4. The highest BCUT2D eigenvalue weighted by atomic mass is 31.2. The number of carbonyl (C=O) groups excluding carboxylic acids is 2. The van der Waals surface area contributed by atoms with Crippen LogP contribution in [-0.2, 0) is 32.7 Å². The summed E-state index contributed by atoms with van der Waals surface area (Å²) in [7, 11) is 1.41. The Morgan fingerprint density at radius 1 is 0.544 bits per heavy atom. The number of hydrogen-bond acceptors (Lipinski definition) is 7. The van der Waals surface area contributed by atoms with E-state index < -0.39 is 32.5 Å². The van der Waals surface area contributed by atoms with Gasteiger partial charge in [0.25, 0.3) is 0 Å². The van der Waals surface area contributed by atoms with Crippen molar-refractivity contribution in [3.8, 4) is 0 Å². The lowest BCUT2D eigenvalue weighted by Gasteiger charge is -2.24. The van der Waals surface area contributed by atoms with Crippen molar-refractivity contribution in [3.05, 3.63) is 85.1 Å². The Morgan fingerprint density at radius 3 is 1.53 bits per heavy atom. The van der Waals surface area contributed by atoms with E-state index in [1.165, 1.54) is 38.5 Å². The number of esters is 2. The van der Waals surface area contributed by atoms with Gasteiger partial charge in [-0.25, -0.2) is 4.57 Å². The van der Waals surface area contributed by atoms with Crippen LogP contribution in [-0.4, -0.2) is 74.9 Å². The van der Waals surface area contributed by atoms with Crippen LogP contribution in [0.15, 0.2) is 85.1 Å². The number of quaternary nitrogens is 1. The number of ether oxygens (including phenoxy) is 2. The molecule has 0 spiro atoms. The van der Waals surface area contributed by atoms with Gasteiger partial charge < -0.3 is 18.9 Å². The van der Waals surface area contributed by atoms with Gasteiger partial charge in [-0.3, -0.25) is 18.6 Å². The van der Waals surface area contributed by atoms with E-state index in [9.17, 15) is 19.0 Å². The molecular weight excluding hydrogens is 737 g/mol. The molecule has 0 bridgehead atoms.